The maximum absolute atomic E-state index is 5.54. The van der Waals surface area contributed by atoms with Gasteiger partial charge in [0.05, 0.1) is 6.20 Å². The van der Waals surface area contributed by atoms with E-state index in [-0.39, 0.29) is 0 Å². The fraction of sp³-hybridized carbons (Fsp3) is 0. The minimum Gasteiger partial charge on any atom is -0.382 e. The number of pyridine rings is 1. The van der Waals surface area contributed by atoms with Gasteiger partial charge in [-0.3, -0.25) is 4.98 Å². The van der Waals surface area contributed by atoms with Crippen molar-refractivity contribution in [3.8, 4) is 10.7 Å². The van der Waals surface area contributed by atoms with Crippen LogP contribution in [0.2, 0.25) is 0 Å². The third-order valence-corrected chi connectivity index (χ3v) is 2.89. The molecule has 0 aliphatic rings. The fourth-order valence-corrected chi connectivity index (χ4v) is 2.17. The molecule has 0 aromatic carbocycles. The van der Waals surface area contributed by atoms with Crippen LogP contribution in [0.1, 0.15) is 0 Å². The Kier molecular flexibility index (Phi) is 1.69. The normalized spacial score (nSPS) is 10.9. The molecule has 0 saturated heterocycles. The molecule has 3 heterocycles. The first kappa shape index (κ1) is 8.37. The van der Waals surface area contributed by atoms with Crippen LogP contribution in [0.25, 0.3) is 15.7 Å². The third kappa shape index (κ3) is 1.35. The molecule has 3 aromatic heterocycles. The van der Waals surface area contributed by atoms with Gasteiger partial charge in [-0.2, -0.15) is 5.10 Å². The Hall–Kier alpha value is -1.95. The molecule has 0 spiro atoms. The molecule has 6 heteroatoms. The van der Waals surface area contributed by atoms with E-state index in [9.17, 15) is 0 Å². The number of fused-ring (bicyclic) bond motifs is 1. The summed E-state index contributed by atoms with van der Waals surface area (Å²) in [5, 5.41) is 5.18. The van der Waals surface area contributed by atoms with Crippen LogP contribution < -0.4 is 5.73 Å². The second-order valence-corrected chi connectivity index (χ2v) is 3.97. The highest BCUT2D eigenvalue weighted by atomic mass is 32.1. The second kappa shape index (κ2) is 3.03. The number of hydrogen-bond acceptors (Lipinski definition) is 5. The van der Waals surface area contributed by atoms with Crippen molar-refractivity contribution in [3.63, 3.8) is 0 Å². The van der Waals surface area contributed by atoms with E-state index in [0.29, 0.717) is 5.82 Å². The van der Waals surface area contributed by atoms with Crippen molar-refractivity contribution >= 4 is 22.1 Å². The molecule has 0 unspecified atom stereocenters. The summed E-state index contributed by atoms with van der Waals surface area (Å²) in [7, 11) is 0. The van der Waals surface area contributed by atoms with Crippen molar-refractivity contribution in [2.24, 2.45) is 0 Å². The van der Waals surface area contributed by atoms with E-state index in [4.69, 9.17) is 5.73 Å². The van der Waals surface area contributed by atoms with Crippen molar-refractivity contribution in [1.82, 2.24) is 19.6 Å². The molecule has 0 bridgehead atoms. The van der Waals surface area contributed by atoms with Crippen LogP contribution in [-0.2, 0) is 0 Å². The summed E-state index contributed by atoms with van der Waals surface area (Å²) < 4.78 is 1.67. The topological polar surface area (TPSA) is 69.1 Å². The highest BCUT2D eigenvalue weighted by Crippen LogP contribution is 2.23. The lowest BCUT2D eigenvalue weighted by atomic mass is 10.4. The van der Waals surface area contributed by atoms with Gasteiger partial charge in [0.2, 0.25) is 4.96 Å². The fourth-order valence-electron chi connectivity index (χ4n) is 1.31. The number of nitrogen functional groups attached to an aromatic ring is 1. The molecule has 0 atom stereocenters. The monoisotopic (exact) mass is 217 g/mol. The van der Waals surface area contributed by atoms with E-state index in [1.165, 1.54) is 11.3 Å². The van der Waals surface area contributed by atoms with Crippen LogP contribution in [0.4, 0.5) is 5.82 Å². The maximum Gasteiger partial charge on any atom is 0.214 e. The maximum atomic E-state index is 5.54. The van der Waals surface area contributed by atoms with Gasteiger partial charge in [-0.15, -0.1) is 0 Å². The molecule has 15 heavy (non-hydrogen) atoms. The number of rotatable bonds is 1. The zero-order valence-electron chi connectivity index (χ0n) is 7.66. The van der Waals surface area contributed by atoms with Gasteiger partial charge in [-0.25, -0.2) is 9.50 Å². The van der Waals surface area contributed by atoms with E-state index >= 15 is 0 Å². The summed E-state index contributed by atoms with van der Waals surface area (Å²) in [5.74, 6) is 0.487. The SMILES string of the molecule is Nc1cn2nc(-c3ccccn3)sc2n1. The first-order chi connectivity index (χ1) is 7.33. The van der Waals surface area contributed by atoms with Gasteiger partial charge >= 0.3 is 0 Å². The van der Waals surface area contributed by atoms with Crippen LogP contribution in [0, 0.1) is 0 Å². The molecule has 0 aliphatic heterocycles. The van der Waals surface area contributed by atoms with E-state index in [1.807, 2.05) is 18.2 Å². The standard InChI is InChI=1S/C9H7N5S/c10-7-5-14-9(12-7)15-8(13-14)6-3-1-2-4-11-6/h1-5H,10H2. The van der Waals surface area contributed by atoms with Crippen molar-refractivity contribution in [3.05, 3.63) is 30.6 Å². The molecule has 74 valence electrons. The molecule has 2 N–H and O–H groups in total. The summed E-state index contributed by atoms with van der Waals surface area (Å²) in [6.45, 7) is 0. The van der Waals surface area contributed by atoms with Gasteiger partial charge < -0.3 is 5.73 Å². The number of nitrogens with zero attached hydrogens (tertiary/aromatic N) is 4. The Morgan fingerprint density at radius 1 is 1.33 bits per heavy atom. The van der Waals surface area contributed by atoms with Gasteiger partial charge in [0.25, 0.3) is 0 Å². The molecular weight excluding hydrogens is 210 g/mol. The largest absolute Gasteiger partial charge is 0.382 e. The first-order valence-corrected chi connectivity index (χ1v) is 5.18. The highest BCUT2D eigenvalue weighted by molar-refractivity contribution is 7.19. The van der Waals surface area contributed by atoms with Gasteiger partial charge in [0.15, 0.2) is 5.01 Å². The van der Waals surface area contributed by atoms with Crippen molar-refractivity contribution in [1.29, 1.82) is 0 Å². The first-order valence-electron chi connectivity index (χ1n) is 4.36. The van der Waals surface area contributed by atoms with Crippen molar-refractivity contribution < 1.29 is 0 Å². The Morgan fingerprint density at radius 3 is 3.00 bits per heavy atom. The number of anilines is 1. The van der Waals surface area contributed by atoms with Crippen molar-refractivity contribution in [2.75, 3.05) is 5.73 Å². The van der Waals surface area contributed by atoms with Gasteiger partial charge in [-0.05, 0) is 12.1 Å². The predicted molar refractivity (Wildman–Crippen MR) is 58.5 cm³/mol. The minimum absolute atomic E-state index is 0.487. The lowest BCUT2D eigenvalue weighted by Gasteiger charge is -1.90. The van der Waals surface area contributed by atoms with Gasteiger partial charge in [0.1, 0.15) is 11.5 Å². The van der Waals surface area contributed by atoms with Gasteiger partial charge in [-0.1, -0.05) is 17.4 Å². The smallest absolute Gasteiger partial charge is 0.214 e. The number of nitrogens with two attached hydrogens (primary N) is 1. The molecule has 0 aliphatic carbocycles. The molecule has 5 nitrogen and oxygen atoms in total. The third-order valence-electron chi connectivity index (χ3n) is 1.95. The van der Waals surface area contributed by atoms with Crippen LogP contribution in [-0.4, -0.2) is 19.6 Å². The average Bonchev–Trinajstić information content (AvgIpc) is 2.76. The molecule has 0 saturated carbocycles. The van der Waals surface area contributed by atoms with E-state index < -0.39 is 0 Å². The Balaban J connectivity index is 2.16. The zero-order valence-corrected chi connectivity index (χ0v) is 8.48. The van der Waals surface area contributed by atoms with Crippen LogP contribution in [0.15, 0.2) is 30.6 Å². The highest BCUT2D eigenvalue weighted by Gasteiger charge is 2.08. The number of hydrogen-bond donors (Lipinski definition) is 1. The van der Waals surface area contributed by atoms with Crippen molar-refractivity contribution in [2.45, 2.75) is 0 Å². The zero-order chi connectivity index (χ0) is 10.3. The summed E-state index contributed by atoms with van der Waals surface area (Å²) in [5.41, 5.74) is 6.40. The van der Waals surface area contributed by atoms with E-state index in [0.717, 1.165) is 15.7 Å². The van der Waals surface area contributed by atoms with Crippen LogP contribution in [0.5, 0.6) is 0 Å². The van der Waals surface area contributed by atoms with Crippen LogP contribution in [0.3, 0.4) is 0 Å². The second-order valence-electron chi connectivity index (χ2n) is 3.02. The predicted octanol–water partition coefficient (Wildman–Crippen LogP) is 1.44. The van der Waals surface area contributed by atoms with E-state index in [2.05, 4.69) is 15.1 Å². The molecule has 0 amide bonds. The van der Waals surface area contributed by atoms with Gasteiger partial charge in [0, 0.05) is 6.20 Å². The molecule has 3 rings (SSSR count). The number of aromatic nitrogens is 4. The summed E-state index contributed by atoms with van der Waals surface area (Å²) in [6, 6.07) is 5.72. The summed E-state index contributed by atoms with van der Waals surface area (Å²) in [4.78, 5) is 9.14. The Morgan fingerprint density at radius 2 is 2.27 bits per heavy atom. The lowest BCUT2D eigenvalue weighted by molar-refractivity contribution is 0.975. The summed E-state index contributed by atoms with van der Waals surface area (Å²) in [6.07, 6.45) is 3.44. The molecule has 0 fully saturated rings. The van der Waals surface area contributed by atoms with Crippen LogP contribution >= 0.6 is 11.3 Å². The quantitative estimate of drug-likeness (QED) is 0.669. The van der Waals surface area contributed by atoms with E-state index in [1.54, 1.807) is 16.9 Å². The number of imidazole rings is 1. The molecule has 3 aromatic rings. The Labute approximate surface area is 89.2 Å². The molecule has 0 radical (unpaired) electrons. The summed E-state index contributed by atoms with van der Waals surface area (Å²) >= 11 is 1.47. The minimum atomic E-state index is 0.487. The average molecular weight is 217 g/mol. The Bertz CT molecular complexity index is 566. The lowest BCUT2D eigenvalue weighted by Crippen LogP contribution is -1.85. The molecular formula is C9H7N5S.